The van der Waals surface area contributed by atoms with E-state index in [0.717, 1.165) is 31.0 Å². The number of piperidine rings is 1. The maximum atomic E-state index is 14.4. The Morgan fingerprint density at radius 3 is 2.41 bits per heavy atom. The van der Waals surface area contributed by atoms with Crippen molar-refractivity contribution >= 4 is 38.9 Å². The summed E-state index contributed by atoms with van der Waals surface area (Å²) in [6, 6.07) is 0.764. The fourth-order valence-electron chi connectivity index (χ4n) is 4.18. The van der Waals surface area contributed by atoms with Crippen LogP contribution in [0.1, 0.15) is 19.3 Å². The monoisotopic (exact) mass is 485 g/mol. The van der Waals surface area contributed by atoms with E-state index in [1.807, 2.05) is 0 Å². The number of amides is 1. The van der Waals surface area contributed by atoms with Crippen LogP contribution in [0.4, 0.5) is 20.3 Å². The van der Waals surface area contributed by atoms with E-state index in [9.17, 15) is 22.0 Å². The van der Waals surface area contributed by atoms with Crippen molar-refractivity contribution in [2.45, 2.75) is 36.2 Å². The molecule has 2 aromatic rings. The quantitative estimate of drug-likeness (QED) is 0.695. The first kappa shape index (κ1) is 22.7. The lowest BCUT2D eigenvalue weighted by Gasteiger charge is -2.37. The second-order valence-electron chi connectivity index (χ2n) is 7.97. The van der Waals surface area contributed by atoms with E-state index in [-0.39, 0.29) is 17.6 Å². The first-order valence-electron chi connectivity index (χ1n) is 10.1. The van der Waals surface area contributed by atoms with Crippen LogP contribution in [0, 0.1) is 11.6 Å². The predicted octanol–water partition coefficient (Wildman–Crippen LogP) is 2.49. The number of rotatable bonds is 5. The molecule has 2 saturated heterocycles. The van der Waals surface area contributed by atoms with Gasteiger partial charge in [0.25, 0.3) is 0 Å². The van der Waals surface area contributed by atoms with E-state index in [1.54, 1.807) is 11.1 Å². The van der Waals surface area contributed by atoms with Gasteiger partial charge in [-0.1, -0.05) is 11.6 Å². The Balaban J connectivity index is 1.39. The topological polar surface area (TPSA) is 95.5 Å². The van der Waals surface area contributed by atoms with Crippen molar-refractivity contribution in [2.24, 2.45) is 0 Å². The lowest BCUT2D eigenvalue weighted by molar-refractivity contribution is -0.130. The molecule has 1 N–H and O–H groups in total. The summed E-state index contributed by atoms with van der Waals surface area (Å²) in [6.07, 6.45) is 5.85. The molecule has 12 heteroatoms. The Morgan fingerprint density at radius 2 is 1.78 bits per heavy atom. The predicted molar refractivity (Wildman–Crippen MR) is 115 cm³/mol. The Labute approximate surface area is 189 Å². The SMILES string of the molecule is CS(=O)(=O)c1cc(F)c(N[C@H]2CCN(C3CCN(c4cnc(Cl)cn4)CC3)C2=O)cc1F. The first-order chi connectivity index (χ1) is 15.1. The second kappa shape index (κ2) is 8.78. The molecule has 0 saturated carbocycles. The molecular formula is C20H22ClF2N5O3S. The Hall–Kier alpha value is -2.53. The molecule has 0 spiro atoms. The zero-order chi connectivity index (χ0) is 23.0. The van der Waals surface area contributed by atoms with Crippen LogP contribution in [-0.4, -0.2) is 67.2 Å². The Bertz CT molecular complexity index is 1120. The molecule has 2 aliphatic heterocycles. The third-order valence-electron chi connectivity index (χ3n) is 5.83. The number of sulfone groups is 1. The minimum atomic E-state index is -3.90. The van der Waals surface area contributed by atoms with E-state index >= 15 is 0 Å². The number of carbonyl (C=O) groups is 1. The molecule has 8 nitrogen and oxygen atoms in total. The third-order valence-corrected chi connectivity index (χ3v) is 7.13. The van der Waals surface area contributed by atoms with Crippen LogP contribution in [0.2, 0.25) is 5.15 Å². The average Bonchev–Trinajstić information content (AvgIpc) is 3.10. The summed E-state index contributed by atoms with van der Waals surface area (Å²) in [5.41, 5.74) is -0.230. The van der Waals surface area contributed by atoms with Crippen molar-refractivity contribution in [3.63, 3.8) is 0 Å². The molecule has 2 fully saturated rings. The van der Waals surface area contributed by atoms with E-state index in [2.05, 4.69) is 20.2 Å². The number of hydrogen-bond acceptors (Lipinski definition) is 7. The highest BCUT2D eigenvalue weighted by atomic mass is 35.5. The molecule has 0 unspecified atom stereocenters. The summed E-state index contributed by atoms with van der Waals surface area (Å²) in [6.45, 7) is 1.92. The molecule has 32 heavy (non-hydrogen) atoms. The summed E-state index contributed by atoms with van der Waals surface area (Å²) in [7, 11) is -3.90. The highest BCUT2D eigenvalue weighted by molar-refractivity contribution is 7.90. The maximum absolute atomic E-state index is 14.4. The number of nitrogens with zero attached hydrogens (tertiary/aromatic N) is 4. The van der Waals surface area contributed by atoms with E-state index < -0.39 is 32.4 Å². The first-order valence-corrected chi connectivity index (χ1v) is 12.4. The molecule has 0 bridgehead atoms. The van der Waals surface area contributed by atoms with Crippen LogP contribution in [0.5, 0.6) is 0 Å². The molecule has 0 radical (unpaired) electrons. The van der Waals surface area contributed by atoms with Crippen LogP contribution in [0.15, 0.2) is 29.4 Å². The normalized spacial score (nSPS) is 20.1. The van der Waals surface area contributed by atoms with Crippen molar-refractivity contribution in [3.8, 4) is 0 Å². The van der Waals surface area contributed by atoms with Gasteiger partial charge in [-0.2, -0.15) is 0 Å². The minimum absolute atomic E-state index is 0.0417. The molecule has 2 aliphatic rings. The summed E-state index contributed by atoms with van der Waals surface area (Å²) >= 11 is 5.78. The third kappa shape index (κ3) is 4.63. The number of likely N-dealkylation sites (tertiary alicyclic amines) is 1. The fourth-order valence-corrected chi connectivity index (χ4v) is 5.01. The Morgan fingerprint density at radius 1 is 1.06 bits per heavy atom. The van der Waals surface area contributed by atoms with Gasteiger partial charge in [-0.3, -0.25) is 4.79 Å². The van der Waals surface area contributed by atoms with Gasteiger partial charge < -0.3 is 15.1 Å². The van der Waals surface area contributed by atoms with Gasteiger partial charge in [-0.25, -0.2) is 27.2 Å². The summed E-state index contributed by atoms with van der Waals surface area (Å²) < 4.78 is 51.7. The van der Waals surface area contributed by atoms with E-state index in [0.29, 0.717) is 37.3 Å². The second-order valence-corrected chi connectivity index (χ2v) is 10.3. The van der Waals surface area contributed by atoms with Gasteiger partial charge in [-0.05, 0) is 25.3 Å². The summed E-state index contributed by atoms with van der Waals surface area (Å²) in [5, 5.41) is 3.07. The molecule has 0 aliphatic carbocycles. The number of aromatic nitrogens is 2. The molecule has 4 rings (SSSR count). The van der Waals surface area contributed by atoms with Crippen LogP contribution >= 0.6 is 11.6 Å². The van der Waals surface area contributed by atoms with Crippen molar-refractivity contribution in [1.29, 1.82) is 0 Å². The number of benzene rings is 1. The number of anilines is 2. The van der Waals surface area contributed by atoms with Crippen molar-refractivity contribution in [3.05, 3.63) is 41.3 Å². The highest BCUT2D eigenvalue weighted by Gasteiger charge is 2.37. The zero-order valence-corrected chi connectivity index (χ0v) is 18.8. The molecule has 1 aromatic heterocycles. The lowest BCUT2D eigenvalue weighted by atomic mass is 10.0. The van der Waals surface area contributed by atoms with Crippen molar-refractivity contribution in [2.75, 3.05) is 36.1 Å². The lowest BCUT2D eigenvalue weighted by Crippen LogP contribution is -2.47. The molecule has 1 aromatic carbocycles. The van der Waals surface area contributed by atoms with Crippen LogP contribution in [0.25, 0.3) is 0 Å². The number of nitrogens with one attached hydrogen (secondary N) is 1. The van der Waals surface area contributed by atoms with Gasteiger partial charge >= 0.3 is 0 Å². The van der Waals surface area contributed by atoms with Gasteiger partial charge in [0.05, 0.1) is 18.1 Å². The molecule has 1 amide bonds. The number of hydrogen-bond donors (Lipinski definition) is 1. The summed E-state index contributed by atoms with van der Waals surface area (Å²) in [4.78, 5) is 24.4. The average molecular weight is 486 g/mol. The minimum Gasteiger partial charge on any atom is -0.371 e. The largest absolute Gasteiger partial charge is 0.371 e. The standard InChI is InChI=1S/C20H22ClF2N5O3S/c1-32(30,31)17-9-13(22)16(8-14(17)23)26-15-4-7-28(20(15)29)12-2-5-27(6-3-12)19-11-24-18(21)10-25-19/h8-12,15,26H,2-7H2,1H3/t15-/m0/s1. The molecule has 172 valence electrons. The zero-order valence-electron chi connectivity index (χ0n) is 17.3. The van der Waals surface area contributed by atoms with Gasteiger partial charge in [0, 0.05) is 38.0 Å². The number of carbonyl (C=O) groups excluding carboxylic acids is 1. The van der Waals surface area contributed by atoms with Crippen LogP contribution in [0.3, 0.4) is 0 Å². The molecule has 1 atom stereocenters. The fraction of sp³-hybridized carbons (Fsp3) is 0.450. The van der Waals surface area contributed by atoms with Gasteiger partial charge in [-0.15, -0.1) is 0 Å². The number of halogens is 3. The molecule has 3 heterocycles. The van der Waals surface area contributed by atoms with Crippen LogP contribution < -0.4 is 10.2 Å². The maximum Gasteiger partial charge on any atom is 0.245 e. The van der Waals surface area contributed by atoms with Crippen molar-refractivity contribution in [1.82, 2.24) is 14.9 Å². The van der Waals surface area contributed by atoms with E-state index in [4.69, 9.17) is 11.6 Å². The van der Waals surface area contributed by atoms with Gasteiger partial charge in [0.15, 0.2) is 9.84 Å². The smallest absolute Gasteiger partial charge is 0.245 e. The van der Waals surface area contributed by atoms with Crippen molar-refractivity contribution < 1.29 is 22.0 Å². The van der Waals surface area contributed by atoms with Gasteiger partial charge in [0.1, 0.15) is 33.5 Å². The van der Waals surface area contributed by atoms with E-state index in [1.165, 1.54) is 6.20 Å². The Kier molecular flexibility index (Phi) is 6.22. The van der Waals surface area contributed by atoms with Crippen LogP contribution in [-0.2, 0) is 14.6 Å². The molecular weight excluding hydrogens is 464 g/mol. The highest BCUT2D eigenvalue weighted by Crippen LogP contribution is 2.28. The summed E-state index contributed by atoms with van der Waals surface area (Å²) in [5.74, 6) is -1.43. The van der Waals surface area contributed by atoms with Gasteiger partial charge in [0.2, 0.25) is 5.91 Å².